The van der Waals surface area contributed by atoms with Crippen LogP contribution in [-0.4, -0.2) is 25.0 Å². The van der Waals surface area contributed by atoms with Gasteiger partial charge < -0.3 is 14.5 Å². The number of rotatable bonds is 7. The van der Waals surface area contributed by atoms with Gasteiger partial charge in [-0.25, -0.2) is 4.79 Å². The van der Waals surface area contributed by atoms with E-state index in [2.05, 4.69) is 39.9 Å². The summed E-state index contributed by atoms with van der Waals surface area (Å²) in [4.78, 5) is 24.6. The highest BCUT2D eigenvalue weighted by Crippen LogP contribution is 2.28. The van der Waals surface area contributed by atoms with Crippen molar-refractivity contribution in [1.29, 1.82) is 0 Å². The Labute approximate surface area is 173 Å². The third-order valence-electron chi connectivity index (χ3n) is 5.89. The Balaban J connectivity index is 2.21. The number of carbonyl (C=O) groups excluding carboxylic acids is 2. The van der Waals surface area contributed by atoms with Crippen molar-refractivity contribution in [3.63, 3.8) is 0 Å². The lowest BCUT2D eigenvalue weighted by Gasteiger charge is -2.18. The summed E-state index contributed by atoms with van der Waals surface area (Å²) in [6.45, 7) is 14.7. The third-order valence-corrected chi connectivity index (χ3v) is 5.89. The van der Waals surface area contributed by atoms with Crippen LogP contribution in [0.4, 0.5) is 0 Å². The number of benzene rings is 1. The van der Waals surface area contributed by atoms with E-state index in [0.29, 0.717) is 12.8 Å². The number of hydrogen-bond donors (Lipinski definition) is 1. The molecule has 0 saturated heterocycles. The molecule has 1 amide bonds. The summed E-state index contributed by atoms with van der Waals surface area (Å²) in [7, 11) is 1.32. The molecule has 5 heteroatoms. The predicted octanol–water partition coefficient (Wildman–Crippen LogP) is 4.73. The lowest BCUT2D eigenvalue weighted by molar-refractivity contribution is -0.143. The van der Waals surface area contributed by atoms with Gasteiger partial charge in [0.25, 0.3) is 5.91 Å². The molecule has 1 aromatic carbocycles. The molecule has 0 fully saturated rings. The van der Waals surface area contributed by atoms with Crippen molar-refractivity contribution >= 4 is 11.9 Å². The summed E-state index contributed by atoms with van der Waals surface area (Å²) in [5.74, 6) is 0.314. The second-order valence-electron chi connectivity index (χ2n) is 8.23. The van der Waals surface area contributed by atoms with Gasteiger partial charge >= 0.3 is 5.97 Å². The van der Waals surface area contributed by atoms with Crippen LogP contribution in [0, 0.1) is 40.5 Å². The first-order valence-corrected chi connectivity index (χ1v) is 10.1. The van der Waals surface area contributed by atoms with Crippen molar-refractivity contribution in [2.45, 2.75) is 67.3 Å². The highest BCUT2D eigenvalue weighted by molar-refractivity contribution is 5.94. The van der Waals surface area contributed by atoms with E-state index < -0.39 is 17.9 Å². The lowest BCUT2D eigenvalue weighted by atomic mass is 9.88. The molecule has 0 radical (unpaired) electrons. The van der Waals surface area contributed by atoms with Crippen LogP contribution in [0.2, 0.25) is 0 Å². The van der Waals surface area contributed by atoms with Gasteiger partial charge in [-0.15, -0.1) is 0 Å². The minimum absolute atomic E-state index is 0.202. The molecule has 29 heavy (non-hydrogen) atoms. The van der Waals surface area contributed by atoms with Crippen molar-refractivity contribution in [3.8, 4) is 0 Å². The fraction of sp³-hybridized carbons (Fsp3) is 0.500. The molecule has 2 aromatic rings. The molecule has 1 N–H and O–H groups in total. The number of amides is 1. The predicted molar refractivity (Wildman–Crippen MR) is 114 cm³/mol. The second kappa shape index (κ2) is 9.29. The molecule has 0 aliphatic rings. The van der Waals surface area contributed by atoms with Crippen molar-refractivity contribution in [2.24, 2.45) is 5.92 Å². The molecule has 1 aromatic heterocycles. The Morgan fingerprint density at radius 2 is 1.52 bits per heavy atom. The monoisotopic (exact) mass is 399 g/mol. The molecule has 0 aliphatic carbocycles. The van der Waals surface area contributed by atoms with Crippen molar-refractivity contribution in [1.82, 2.24) is 5.32 Å². The summed E-state index contributed by atoms with van der Waals surface area (Å²) < 4.78 is 10.6. The van der Waals surface area contributed by atoms with Crippen LogP contribution in [-0.2, 0) is 16.0 Å². The minimum atomic E-state index is -0.687. The van der Waals surface area contributed by atoms with E-state index in [1.54, 1.807) is 6.07 Å². The smallest absolute Gasteiger partial charge is 0.328 e. The molecule has 1 atom stereocenters. The van der Waals surface area contributed by atoms with Gasteiger partial charge in [-0.1, -0.05) is 13.8 Å². The Bertz CT molecular complexity index is 879. The molecule has 1 heterocycles. The maximum atomic E-state index is 12.6. The van der Waals surface area contributed by atoms with Gasteiger partial charge in [0.05, 0.1) is 7.11 Å². The second-order valence-corrected chi connectivity index (χ2v) is 8.23. The minimum Gasteiger partial charge on any atom is -0.467 e. The van der Waals surface area contributed by atoms with Gasteiger partial charge in [0.2, 0.25) is 0 Å². The van der Waals surface area contributed by atoms with Gasteiger partial charge in [-0.3, -0.25) is 4.79 Å². The van der Waals surface area contributed by atoms with E-state index >= 15 is 0 Å². The van der Waals surface area contributed by atoms with Crippen LogP contribution >= 0.6 is 0 Å². The summed E-state index contributed by atoms with van der Waals surface area (Å²) in [5.41, 5.74) is 7.66. The van der Waals surface area contributed by atoms with Crippen LogP contribution in [0.3, 0.4) is 0 Å². The zero-order valence-corrected chi connectivity index (χ0v) is 18.9. The summed E-state index contributed by atoms with van der Waals surface area (Å²) >= 11 is 0. The average molecular weight is 400 g/mol. The molecule has 0 spiro atoms. The first kappa shape index (κ1) is 22.7. The van der Waals surface area contributed by atoms with Crippen molar-refractivity contribution in [2.75, 3.05) is 7.11 Å². The Kier molecular flexibility index (Phi) is 7.28. The molecule has 0 saturated carbocycles. The zero-order chi connectivity index (χ0) is 21.9. The molecule has 1 unspecified atom stereocenters. The van der Waals surface area contributed by atoms with Crippen LogP contribution in [0.15, 0.2) is 16.5 Å². The van der Waals surface area contributed by atoms with Crippen LogP contribution in [0.5, 0.6) is 0 Å². The zero-order valence-electron chi connectivity index (χ0n) is 18.9. The Morgan fingerprint density at radius 3 is 2.03 bits per heavy atom. The SMILES string of the molecule is COC(=O)C(CC(C)C)NC(=O)c1ccc(Cc2c(C)c(C)c(C)c(C)c2C)o1. The van der Waals surface area contributed by atoms with E-state index in [1.807, 2.05) is 19.9 Å². The lowest BCUT2D eigenvalue weighted by Crippen LogP contribution is -2.42. The van der Waals surface area contributed by atoms with Crippen LogP contribution < -0.4 is 5.32 Å². The number of furan rings is 1. The first-order valence-electron chi connectivity index (χ1n) is 10.1. The van der Waals surface area contributed by atoms with Crippen LogP contribution in [0.1, 0.15) is 70.0 Å². The van der Waals surface area contributed by atoms with E-state index in [0.717, 1.165) is 5.76 Å². The third kappa shape index (κ3) is 5.08. The summed E-state index contributed by atoms with van der Waals surface area (Å²) in [6.07, 6.45) is 1.13. The molecular weight excluding hydrogens is 366 g/mol. The first-order chi connectivity index (χ1) is 13.6. The molecule has 0 aliphatic heterocycles. The fourth-order valence-electron chi connectivity index (χ4n) is 3.67. The van der Waals surface area contributed by atoms with Gasteiger partial charge in [-0.05, 0) is 92.5 Å². The highest BCUT2D eigenvalue weighted by Gasteiger charge is 2.24. The van der Waals surface area contributed by atoms with E-state index in [-0.39, 0.29) is 11.7 Å². The standard InChI is InChI=1S/C24H33NO4/c1-13(2)11-21(24(27)28-8)25-23(26)22-10-9-19(29-22)12-20-17(6)15(4)14(3)16(5)18(20)7/h9-10,13,21H,11-12H2,1-8H3,(H,25,26). The fourth-order valence-corrected chi connectivity index (χ4v) is 3.67. The Hall–Kier alpha value is -2.56. The topological polar surface area (TPSA) is 68.5 Å². The van der Waals surface area contributed by atoms with Gasteiger partial charge in [0.15, 0.2) is 5.76 Å². The number of methoxy groups -OCH3 is 1. The molecule has 5 nitrogen and oxygen atoms in total. The Morgan fingerprint density at radius 1 is 0.966 bits per heavy atom. The van der Waals surface area contributed by atoms with Gasteiger partial charge in [-0.2, -0.15) is 0 Å². The van der Waals surface area contributed by atoms with Gasteiger partial charge in [0.1, 0.15) is 11.8 Å². The van der Waals surface area contributed by atoms with E-state index in [4.69, 9.17) is 9.15 Å². The quantitative estimate of drug-likeness (QED) is 0.684. The highest BCUT2D eigenvalue weighted by atomic mass is 16.5. The number of nitrogens with one attached hydrogen (secondary N) is 1. The van der Waals surface area contributed by atoms with Crippen LogP contribution in [0.25, 0.3) is 0 Å². The largest absolute Gasteiger partial charge is 0.467 e. The number of carbonyl (C=O) groups is 2. The number of hydrogen-bond acceptors (Lipinski definition) is 4. The number of esters is 1. The maximum Gasteiger partial charge on any atom is 0.328 e. The summed E-state index contributed by atoms with van der Waals surface area (Å²) in [5, 5.41) is 2.73. The normalized spacial score (nSPS) is 12.2. The number of ether oxygens (including phenoxy) is 1. The molecule has 0 bridgehead atoms. The van der Waals surface area contributed by atoms with E-state index in [9.17, 15) is 9.59 Å². The average Bonchev–Trinajstić information content (AvgIpc) is 3.15. The van der Waals surface area contributed by atoms with Crippen molar-refractivity contribution in [3.05, 3.63) is 57.0 Å². The summed E-state index contributed by atoms with van der Waals surface area (Å²) in [6, 6.07) is 2.80. The molecule has 158 valence electrons. The maximum absolute atomic E-state index is 12.6. The van der Waals surface area contributed by atoms with Crippen molar-refractivity contribution < 1.29 is 18.7 Å². The molecular formula is C24H33NO4. The van der Waals surface area contributed by atoms with E-state index in [1.165, 1.54) is 40.5 Å². The molecule has 2 rings (SSSR count). The van der Waals surface area contributed by atoms with Gasteiger partial charge in [0, 0.05) is 6.42 Å².